The molecule has 0 unspecified atom stereocenters. The fraction of sp³-hybridized carbons (Fsp3) is 0.192. The number of fused-ring (bicyclic) bond motifs is 2. The van der Waals surface area contributed by atoms with E-state index in [0.29, 0.717) is 11.4 Å². The summed E-state index contributed by atoms with van der Waals surface area (Å²) < 4.78 is 74.4. The van der Waals surface area contributed by atoms with Crippen LogP contribution in [0, 0.1) is 29.1 Å². The van der Waals surface area contributed by atoms with Gasteiger partial charge in [0, 0.05) is 39.2 Å². The summed E-state index contributed by atoms with van der Waals surface area (Å²) in [5.41, 5.74) is -1.13. The van der Waals surface area contributed by atoms with E-state index < -0.39 is 58.2 Å². The first-order valence-corrected chi connectivity index (χ1v) is 12.2. The van der Waals surface area contributed by atoms with E-state index in [4.69, 9.17) is 26.2 Å². The highest BCUT2D eigenvalue weighted by atomic mass is 35.5. The second kappa shape index (κ2) is 11.6. The number of piperazine rings is 1. The fourth-order valence-corrected chi connectivity index (χ4v) is 4.35. The smallest absolute Gasteiger partial charge is 0.300 e. The predicted octanol–water partition coefficient (Wildman–Crippen LogP) is 4.99. The van der Waals surface area contributed by atoms with Crippen LogP contribution in [0.15, 0.2) is 24.3 Å². The van der Waals surface area contributed by atoms with Gasteiger partial charge in [0.15, 0.2) is 34.8 Å². The number of nitrogens with zero attached hydrogens (tertiary/aromatic N) is 2. The van der Waals surface area contributed by atoms with Crippen molar-refractivity contribution in [3.8, 4) is 23.0 Å². The number of hydrogen-bond donors (Lipinski definition) is 4. The minimum atomic E-state index is -2.38. The number of aromatic hydroxyl groups is 2. The number of halogens is 6. The second-order valence-corrected chi connectivity index (χ2v) is 9.32. The number of phenolic OH excluding ortho intramolecular Hbond substituents is 2. The lowest BCUT2D eigenvalue weighted by Gasteiger charge is -2.35. The lowest BCUT2D eigenvalue weighted by Crippen LogP contribution is -2.51. The van der Waals surface area contributed by atoms with Gasteiger partial charge in [-0.25, -0.2) is 22.0 Å². The van der Waals surface area contributed by atoms with Gasteiger partial charge in [0.2, 0.25) is 5.82 Å². The number of carboxylic acid groups (broad SMARTS) is 1. The quantitative estimate of drug-likeness (QED) is 0.107. The monoisotopic (exact) mass is 615 g/mol. The molecular weight excluding hydrogens is 597 g/mol. The van der Waals surface area contributed by atoms with Gasteiger partial charge in [0.05, 0.1) is 16.4 Å². The number of amides is 2. The van der Waals surface area contributed by atoms with Gasteiger partial charge in [0.25, 0.3) is 17.8 Å². The van der Waals surface area contributed by atoms with Crippen LogP contribution in [0.25, 0.3) is 0 Å². The Labute approximate surface area is 238 Å². The van der Waals surface area contributed by atoms with Crippen LogP contribution in [-0.4, -0.2) is 69.1 Å². The molecule has 3 aromatic carbocycles. The topological polar surface area (TPSA) is 140 Å². The number of aliphatic carboxylic acids is 1. The van der Waals surface area contributed by atoms with Gasteiger partial charge in [-0.3, -0.25) is 14.4 Å². The molecule has 5 rings (SSSR count). The van der Waals surface area contributed by atoms with Crippen LogP contribution in [0.5, 0.6) is 23.0 Å². The normalized spacial score (nSPS) is 13.6. The number of rotatable bonds is 2. The Bertz CT molecular complexity index is 1600. The molecule has 2 aliphatic heterocycles. The van der Waals surface area contributed by atoms with Crippen molar-refractivity contribution in [2.24, 2.45) is 0 Å². The van der Waals surface area contributed by atoms with E-state index in [0.717, 1.165) is 11.8 Å². The molecule has 2 aliphatic rings. The zero-order valence-electron chi connectivity index (χ0n) is 21.3. The van der Waals surface area contributed by atoms with Crippen molar-refractivity contribution in [2.75, 3.05) is 31.5 Å². The number of carbonyl (C=O) groups excluding carboxylic acids is 2. The van der Waals surface area contributed by atoms with Crippen LogP contribution < -0.4 is 10.1 Å². The Hall–Kier alpha value is -4.79. The summed E-state index contributed by atoms with van der Waals surface area (Å²) in [5.74, 6) is -15.0. The molecule has 222 valence electrons. The molecule has 42 heavy (non-hydrogen) atoms. The average Bonchev–Trinajstić information content (AvgIpc) is 2.94. The molecule has 2 heterocycles. The van der Waals surface area contributed by atoms with E-state index in [-0.39, 0.29) is 54.0 Å². The minimum absolute atomic E-state index is 0.0517. The van der Waals surface area contributed by atoms with Gasteiger partial charge in [0.1, 0.15) is 22.6 Å². The fourth-order valence-electron chi connectivity index (χ4n) is 4.18. The van der Waals surface area contributed by atoms with Gasteiger partial charge in [-0.1, -0.05) is 11.6 Å². The molecule has 0 spiro atoms. The van der Waals surface area contributed by atoms with Crippen LogP contribution in [0.1, 0.15) is 27.6 Å². The summed E-state index contributed by atoms with van der Waals surface area (Å²) >= 11 is 5.92. The summed E-state index contributed by atoms with van der Waals surface area (Å²) in [5, 5.41) is 30.8. The number of anilines is 2. The minimum Gasteiger partial charge on any atom is -0.507 e. The third-order valence-corrected chi connectivity index (χ3v) is 6.46. The number of phenols is 2. The Balaban J connectivity index is 0.000000952. The molecule has 0 atom stereocenters. The maximum Gasteiger partial charge on any atom is 0.300 e. The van der Waals surface area contributed by atoms with Crippen molar-refractivity contribution < 1.29 is 56.4 Å². The first-order valence-electron chi connectivity index (χ1n) is 11.9. The highest BCUT2D eigenvalue weighted by Crippen LogP contribution is 2.49. The van der Waals surface area contributed by atoms with Crippen molar-refractivity contribution in [1.82, 2.24) is 9.80 Å². The largest absolute Gasteiger partial charge is 0.507 e. The highest BCUT2D eigenvalue weighted by molar-refractivity contribution is 6.32. The maximum atomic E-state index is 14.1. The molecule has 1 fully saturated rings. The Kier molecular flexibility index (Phi) is 8.33. The Morgan fingerprint density at radius 3 is 1.79 bits per heavy atom. The van der Waals surface area contributed by atoms with Gasteiger partial charge in [-0.05, 0) is 18.2 Å². The van der Waals surface area contributed by atoms with Crippen molar-refractivity contribution in [3.63, 3.8) is 0 Å². The van der Waals surface area contributed by atoms with Gasteiger partial charge in [-0.2, -0.15) is 0 Å². The lowest BCUT2D eigenvalue weighted by molar-refractivity contribution is -0.134. The molecule has 0 aromatic heterocycles. The molecule has 0 aliphatic carbocycles. The molecule has 0 saturated carbocycles. The Morgan fingerprint density at radius 2 is 1.26 bits per heavy atom. The molecule has 4 N–H and O–H groups in total. The number of carbonyl (C=O) groups is 3. The molecule has 2 amide bonds. The zero-order chi connectivity index (χ0) is 31.0. The van der Waals surface area contributed by atoms with Crippen molar-refractivity contribution in [1.29, 1.82) is 0 Å². The van der Waals surface area contributed by atoms with E-state index in [2.05, 4.69) is 5.32 Å². The first-order chi connectivity index (χ1) is 19.7. The van der Waals surface area contributed by atoms with E-state index in [1.54, 1.807) is 0 Å². The number of benzene rings is 3. The van der Waals surface area contributed by atoms with Crippen molar-refractivity contribution in [2.45, 2.75) is 6.92 Å². The molecule has 16 heteroatoms. The molecule has 1 saturated heterocycles. The van der Waals surface area contributed by atoms with E-state index in [1.165, 1.54) is 29.2 Å². The summed E-state index contributed by atoms with van der Waals surface area (Å²) in [4.78, 5) is 37.0. The molecule has 10 nitrogen and oxygen atoms in total. The second-order valence-electron chi connectivity index (χ2n) is 8.91. The SMILES string of the molecule is CC(=O)O.O=C(c1c(F)c(F)c(F)c(F)c1F)N1CCN(C(=O)c2c(O)ccc3c2Oc2cc(O)c(Cl)cc2N3)CC1. The van der Waals surface area contributed by atoms with Gasteiger partial charge < -0.3 is 35.2 Å². The average molecular weight is 616 g/mol. The van der Waals surface area contributed by atoms with Gasteiger partial charge >= 0.3 is 0 Å². The van der Waals surface area contributed by atoms with Crippen LogP contribution in [-0.2, 0) is 4.79 Å². The number of carboxylic acids is 1. The Morgan fingerprint density at radius 1 is 0.786 bits per heavy atom. The van der Waals surface area contributed by atoms with Crippen LogP contribution in [0.4, 0.5) is 33.3 Å². The first kappa shape index (κ1) is 30.2. The van der Waals surface area contributed by atoms with E-state index >= 15 is 0 Å². The standard InChI is InChI=1S/C24H15ClF5N3O5.C2H4O2/c25-9-7-11-14(8-13(9)35)38-22-10(31-11)1-2-12(34)15(22)23(36)32-3-5-33(6-4-32)24(37)16-17(26)19(28)21(30)20(29)18(16)27;1-2(3)4/h1-2,7-8,31,34-35H,3-6H2;1H3,(H,3,4). The predicted molar refractivity (Wildman–Crippen MR) is 136 cm³/mol. The van der Waals surface area contributed by atoms with Crippen molar-refractivity contribution >= 4 is 40.8 Å². The molecular formula is C26H19ClF5N3O7. The number of hydrogen-bond acceptors (Lipinski definition) is 7. The maximum absolute atomic E-state index is 14.1. The number of ether oxygens (including phenoxy) is 1. The zero-order valence-corrected chi connectivity index (χ0v) is 22.0. The van der Waals surface area contributed by atoms with Crippen LogP contribution >= 0.6 is 11.6 Å². The van der Waals surface area contributed by atoms with Crippen molar-refractivity contribution in [3.05, 3.63) is 69.5 Å². The summed E-state index contributed by atoms with van der Waals surface area (Å²) in [6.45, 7) is 0.106. The molecule has 0 bridgehead atoms. The van der Waals surface area contributed by atoms with Gasteiger partial charge in [-0.15, -0.1) is 0 Å². The highest BCUT2D eigenvalue weighted by Gasteiger charge is 2.35. The molecule has 3 aromatic rings. The summed E-state index contributed by atoms with van der Waals surface area (Å²) in [6, 6.07) is 5.32. The third kappa shape index (κ3) is 5.54. The van der Waals surface area contributed by atoms with Crippen LogP contribution in [0.2, 0.25) is 5.02 Å². The lowest BCUT2D eigenvalue weighted by atomic mass is 10.1. The van der Waals surface area contributed by atoms with Crippen LogP contribution in [0.3, 0.4) is 0 Å². The van der Waals surface area contributed by atoms with E-state index in [9.17, 15) is 41.8 Å². The van der Waals surface area contributed by atoms with E-state index in [1.807, 2.05) is 0 Å². The third-order valence-electron chi connectivity index (χ3n) is 6.16. The number of nitrogens with one attached hydrogen (secondary N) is 1. The summed E-state index contributed by atoms with van der Waals surface area (Å²) in [7, 11) is 0. The molecule has 0 radical (unpaired) electrons. The summed E-state index contributed by atoms with van der Waals surface area (Å²) in [6.07, 6.45) is 0.